The summed E-state index contributed by atoms with van der Waals surface area (Å²) >= 11 is 1.32. The van der Waals surface area contributed by atoms with Crippen molar-refractivity contribution in [1.29, 1.82) is 5.26 Å². The van der Waals surface area contributed by atoms with Crippen LogP contribution in [0.1, 0.15) is 28.6 Å². The van der Waals surface area contributed by atoms with E-state index in [4.69, 9.17) is 14.2 Å². The van der Waals surface area contributed by atoms with Crippen molar-refractivity contribution in [3.63, 3.8) is 0 Å². The second-order valence-electron chi connectivity index (χ2n) is 7.67. The molecule has 0 fully saturated rings. The lowest BCUT2D eigenvalue weighted by Crippen LogP contribution is -2.15. The van der Waals surface area contributed by atoms with Gasteiger partial charge in [0.1, 0.15) is 35.6 Å². The van der Waals surface area contributed by atoms with Gasteiger partial charge in [0.2, 0.25) is 4.80 Å². The van der Waals surface area contributed by atoms with Crippen molar-refractivity contribution >= 4 is 23.3 Å². The third-order valence-electron chi connectivity index (χ3n) is 5.09. The summed E-state index contributed by atoms with van der Waals surface area (Å²) in [7, 11) is 3.25. The molecule has 1 heterocycles. The summed E-state index contributed by atoms with van der Waals surface area (Å²) in [5.41, 5.74) is 2.67. The molecule has 0 aliphatic heterocycles. The summed E-state index contributed by atoms with van der Waals surface area (Å²) in [6.45, 7) is 6.69. The molecule has 0 aliphatic rings. The number of benzene rings is 2. The molecule has 2 aromatic carbocycles. The van der Waals surface area contributed by atoms with Gasteiger partial charge in [-0.15, -0.1) is 0 Å². The Balaban J connectivity index is 1.71. The van der Waals surface area contributed by atoms with Crippen molar-refractivity contribution in [3.8, 4) is 23.3 Å². The van der Waals surface area contributed by atoms with Crippen LogP contribution in [-0.4, -0.2) is 36.0 Å². The van der Waals surface area contributed by atoms with Crippen LogP contribution >= 0.6 is 11.3 Å². The molecular weight excluding hydrogens is 464 g/mol. The predicted molar refractivity (Wildman–Crippen MR) is 135 cm³/mol. The lowest BCUT2D eigenvalue weighted by Gasteiger charge is -2.14. The molecule has 9 heteroatoms. The highest BCUT2D eigenvalue weighted by Crippen LogP contribution is 2.29. The molecule has 0 atom stereocenters. The van der Waals surface area contributed by atoms with Crippen LogP contribution in [0.3, 0.4) is 0 Å². The zero-order valence-electron chi connectivity index (χ0n) is 20.5. The van der Waals surface area contributed by atoms with Crippen molar-refractivity contribution in [2.24, 2.45) is 12.0 Å². The molecule has 1 amide bonds. The van der Waals surface area contributed by atoms with Gasteiger partial charge in [0.05, 0.1) is 7.11 Å². The number of carbonyl (C=O) groups excluding carboxylic acids is 1. The molecular formula is C26H28N4O4S. The Labute approximate surface area is 208 Å². The lowest BCUT2D eigenvalue weighted by atomic mass is 10.1. The number of carbonyl (C=O) groups is 1. The number of methoxy groups -OCH3 is 1. The standard InChI is InChI=1S/C26H28N4O4S/c1-6-23-29-30(4)26(35-23)28-25(31)20(16-27)14-19-10-11-21(22(15-19)32-5)33-12-13-34-24-17(2)8-7-9-18(24)3/h7-11,14-15H,6,12-13H2,1-5H3/b20-14-,28-26?. The molecule has 0 bridgehead atoms. The number of hydrogen-bond donors (Lipinski definition) is 0. The van der Waals surface area contributed by atoms with Gasteiger partial charge in [-0.05, 0) is 55.2 Å². The Hall–Kier alpha value is -3.90. The van der Waals surface area contributed by atoms with Gasteiger partial charge in [-0.25, -0.2) is 4.68 Å². The van der Waals surface area contributed by atoms with Crippen LogP contribution in [0, 0.1) is 25.2 Å². The second-order valence-corrected chi connectivity index (χ2v) is 8.71. The smallest absolute Gasteiger partial charge is 0.290 e. The molecule has 3 aromatic rings. The summed E-state index contributed by atoms with van der Waals surface area (Å²) in [5.74, 6) is 1.25. The molecule has 0 unspecified atom stereocenters. The average molecular weight is 493 g/mol. The minimum absolute atomic E-state index is 0.0887. The SMILES string of the molecule is CCc1nn(C)c(=NC(=O)/C(C#N)=C\c2ccc(OCCOc3c(C)cccc3C)c(OC)c2)s1. The van der Waals surface area contributed by atoms with E-state index >= 15 is 0 Å². The van der Waals surface area contributed by atoms with E-state index in [1.807, 2.05) is 45.0 Å². The van der Waals surface area contributed by atoms with Gasteiger partial charge in [0.25, 0.3) is 5.91 Å². The third kappa shape index (κ3) is 6.58. The first-order valence-corrected chi connectivity index (χ1v) is 11.9. The van der Waals surface area contributed by atoms with Crippen molar-refractivity contribution in [3.05, 3.63) is 68.5 Å². The number of ether oxygens (including phenoxy) is 3. The maximum absolute atomic E-state index is 12.6. The first-order valence-electron chi connectivity index (χ1n) is 11.1. The molecule has 8 nitrogen and oxygen atoms in total. The molecule has 0 saturated heterocycles. The highest BCUT2D eigenvalue weighted by atomic mass is 32.1. The van der Waals surface area contributed by atoms with Crippen LogP contribution in [0.15, 0.2) is 47.0 Å². The van der Waals surface area contributed by atoms with E-state index in [1.165, 1.54) is 29.2 Å². The Bertz CT molecular complexity index is 1330. The number of para-hydroxylation sites is 1. The minimum atomic E-state index is -0.627. The summed E-state index contributed by atoms with van der Waals surface area (Å²) in [6.07, 6.45) is 2.22. The minimum Gasteiger partial charge on any atom is -0.493 e. The molecule has 0 radical (unpaired) electrons. The largest absolute Gasteiger partial charge is 0.493 e. The number of aryl methyl sites for hydroxylation is 4. The molecule has 0 saturated carbocycles. The van der Waals surface area contributed by atoms with Crippen LogP contribution < -0.4 is 19.0 Å². The average Bonchev–Trinajstić information content (AvgIpc) is 3.21. The zero-order valence-corrected chi connectivity index (χ0v) is 21.3. The Morgan fingerprint density at radius 2 is 1.89 bits per heavy atom. The van der Waals surface area contributed by atoms with E-state index < -0.39 is 5.91 Å². The van der Waals surface area contributed by atoms with E-state index in [9.17, 15) is 10.1 Å². The van der Waals surface area contributed by atoms with Gasteiger partial charge in [0.15, 0.2) is 11.5 Å². The number of hydrogen-bond acceptors (Lipinski definition) is 7. The first-order chi connectivity index (χ1) is 16.9. The summed E-state index contributed by atoms with van der Waals surface area (Å²) < 4.78 is 18.7. The number of amides is 1. The van der Waals surface area contributed by atoms with Crippen LogP contribution in [0.2, 0.25) is 0 Å². The fourth-order valence-electron chi connectivity index (χ4n) is 3.31. The van der Waals surface area contributed by atoms with Crippen molar-refractivity contribution in [1.82, 2.24) is 9.78 Å². The Morgan fingerprint density at radius 1 is 1.17 bits per heavy atom. The van der Waals surface area contributed by atoms with Gasteiger partial charge in [-0.2, -0.15) is 15.4 Å². The third-order valence-corrected chi connectivity index (χ3v) is 6.24. The first kappa shape index (κ1) is 25.7. The van der Waals surface area contributed by atoms with Crippen LogP contribution in [0.5, 0.6) is 17.2 Å². The van der Waals surface area contributed by atoms with Gasteiger partial charge in [-0.1, -0.05) is 42.5 Å². The fourth-order valence-corrected chi connectivity index (χ4v) is 4.13. The van der Waals surface area contributed by atoms with Gasteiger partial charge >= 0.3 is 0 Å². The van der Waals surface area contributed by atoms with Crippen molar-refractivity contribution in [2.75, 3.05) is 20.3 Å². The van der Waals surface area contributed by atoms with E-state index in [0.717, 1.165) is 28.3 Å². The number of aromatic nitrogens is 2. The topological polar surface area (TPSA) is 98.7 Å². The number of nitriles is 1. The van der Waals surface area contributed by atoms with Crippen molar-refractivity contribution < 1.29 is 19.0 Å². The lowest BCUT2D eigenvalue weighted by molar-refractivity contribution is -0.114. The second kappa shape index (κ2) is 12.0. The molecule has 0 spiro atoms. The monoisotopic (exact) mass is 492 g/mol. The highest BCUT2D eigenvalue weighted by molar-refractivity contribution is 7.08. The van der Waals surface area contributed by atoms with E-state index in [2.05, 4.69) is 10.1 Å². The molecule has 1 aromatic heterocycles. The van der Waals surface area contributed by atoms with E-state index in [-0.39, 0.29) is 5.57 Å². The summed E-state index contributed by atoms with van der Waals surface area (Å²) in [6, 6.07) is 13.1. The fraction of sp³-hybridized carbons (Fsp3) is 0.308. The van der Waals surface area contributed by atoms with E-state index in [1.54, 1.807) is 25.2 Å². The maximum Gasteiger partial charge on any atom is 0.290 e. The van der Waals surface area contributed by atoms with Crippen LogP contribution in [0.4, 0.5) is 0 Å². The highest BCUT2D eigenvalue weighted by Gasteiger charge is 2.12. The maximum atomic E-state index is 12.6. The number of rotatable bonds is 9. The Morgan fingerprint density at radius 3 is 2.51 bits per heavy atom. The van der Waals surface area contributed by atoms with Crippen LogP contribution in [-0.2, 0) is 18.3 Å². The summed E-state index contributed by atoms with van der Waals surface area (Å²) in [5, 5.41) is 14.7. The predicted octanol–water partition coefficient (Wildman–Crippen LogP) is 4.16. The number of nitrogens with zero attached hydrogens (tertiary/aromatic N) is 4. The quantitative estimate of drug-likeness (QED) is 0.253. The van der Waals surface area contributed by atoms with Crippen molar-refractivity contribution in [2.45, 2.75) is 27.2 Å². The molecule has 0 aliphatic carbocycles. The zero-order chi connectivity index (χ0) is 25.4. The van der Waals surface area contributed by atoms with E-state index in [0.29, 0.717) is 35.1 Å². The molecule has 0 N–H and O–H groups in total. The molecule has 182 valence electrons. The van der Waals surface area contributed by atoms with Gasteiger partial charge in [0, 0.05) is 7.05 Å². The van der Waals surface area contributed by atoms with Gasteiger partial charge < -0.3 is 14.2 Å². The normalized spacial score (nSPS) is 11.8. The molecule has 3 rings (SSSR count). The summed E-state index contributed by atoms with van der Waals surface area (Å²) in [4.78, 5) is 17.1. The van der Waals surface area contributed by atoms with Crippen LogP contribution in [0.25, 0.3) is 6.08 Å². The molecule has 35 heavy (non-hydrogen) atoms. The Kier molecular flexibility index (Phi) is 8.81. The van der Waals surface area contributed by atoms with Gasteiger partial charge in [-0.3, -0.25) is 4.79 Å².